The van der Waals surface area contributed by atoms with Crippen molar-refractivity contribution >= 4 is 59.8 Å². The minimum Gasteiger partial charge on any atom is -0.307 e. The zero-order chi connectivity index (χ0) is 28.3. The molecule has 0 unspecified atom stereocenters. The van der Waals surface area contributed by atoms with E-state index in [0.29, 0.717) is 0 Å². The van der Waals surface area contributed by atoms with Crippen LogP contribution in [0.2, 0.25) is 0 Å². The van der Waals surface area contributed by atoms with Crippen molar-refractivity contribution in [2.45, 2.75) is 68.2 Å². The summed E-state index contributed by atoms with van der Waals surface area (Å²) in [6, 6.07) is 21.4. The van der Waals surface area contributed by atoms with E-state index in [2.05, 4.69) is 132 Å². The minimum absolute atomic E-state index is 0.249. The number of pyridine rings is 2. The van der Waals surface area contributed by atoms with Crippen molar-refractivity contribution in [1.82, 2.24) is 4.40 Å². The van der Waals surface area contributed by atoms with Gasteiger partial charge < -0.3 is 4.40 Å². The summed E-state index contributed by atoms with van der Waals surface area (Å²) in [6.07, 6.45) is 4.38. The third-order valence-corrected chi connectivity index (χ3v) is 8.88. The summed E-state index contributed by atoms with van der Waals surface area (Å²) in [5, 5.41) is 9.52. The molecule has 0 N–H and O–H groups in total. The molecule has 0 fully saturated rings. The molecule has 0 atom stereocenters. The molecule has 3 aromatic heterocycles. The predicted octanol–water partition coefficient (Wildman–Crippen LogP) is 9.76. The first-order valence-corrected chi connectivity index (χ1v) is 14.8. The van der Waals surface area contributed by atoms with Crippen molar-refractivity contribution in [2.24, 2.45) is 17.9 Å². The lowest BCUT2D eigenvalue weighted by molar-refractivity contribution is -0.643. The summed E-state index contributed by atoms with van der Waals surface area (Å²) in [6.45, 7) is 18.7. The van der Waals surface area contributed by atoms with Crippen molar-refractivity contribution in [3.05, 3.63) is 83.0 Å². The van der Waals surface area contributed by atoms with Crippen LogP contribution in [0.4, 0.5) is 0 Å². The number of rotatable bonds is 2. The Morgan fingerprint density at radius 2 is 1.25 bits per heavy atom. The molecule has 7 rings (SSSR count). The number of hydrogen-bond donors (Lipinski definition) is 0. The quantitative estimate of drug-likeness (QED) is 0.121. The zero-order valence-corrected chi connectivity index (χ0v) is 25.6. The molecular weight excluding hydrogens is 484 g/mol. The van der Waals surface area contributed by atoms with E-state index in [1.807, 2.05) is 0 Å². The number of aryl methyl sites for hydroxylation is 3. The molecule has 3 heterocycles. The fraction of sp³-hybridized carbons (Fsp3) is 0.342. The van der Waals surface area contributed by atoms with Crippen LogP contribution < -0.4 is 4.57 Å². The largest absolute Gasteiger partial charge is 0.307 e. The van der Waals surface area contributed by atoms with E-state index in [1.165, 1.54) is 82.0 Å². The van der Waals surface area contributed by atoms with Crippen LogP contribution in [0.3, 0.4) is 0 Å². The van der Waals surface area contributed by atoms with E-state index in [4.69, 9.17) is 0 Å². The number of aromatic nitrogens is 2. The van der Waals surface area contributed by atoms with Crippen molar-refractivity contribution in [3.63, 3.8) is 0 Å². The van der Waals surface area contributed by atoms with E-state index in [-0.39, 0.29) is 10.8 Å². The maximum Gasteiger partial charge on any atom is 0.224 e. The maximum atomic E-state index is 2.60. The third-order valence-electron chi connectivity index (χ3n) is 8.88. The number of nitrogens with zero attached hydrogens (tertiary/aromatic N) is 2. The number of benzene rings is 4. The maximum absolute atomic E-state index is 2.60. The molecule has 0 saturated heterocycles. The molecule has 0 spiro atoms. The Hall–Kier alpha value is -3.65. The summed E-state index contributed by atoms with van der Waals surface area (Å²) in [4.78, 5) is 0. The van der Waals surface area contributed by atoms with Gasteiger partial charge in [0.05, 0.1) is 27.3 Å². The monoisotopic (exact) mass is 525 g/mol. The zero-order valence-electron chi connectivity index (χ0n) is 25.6. The van der Waals surface area contributed by atoms with Crippen LogP contribution in [0.25, 0.3) is 59.8 Å². The van der Waals surface area contributed by atoms with Gasteiger partial charge in [-0.2, -0.15) is 0 Å². The summed E-state index contributed by atoms with van der Waals surface area (Å²) in [5.74, 6) is 0. The SMILES string of the molecule is Cc1c2cc(CC(C)(C)C)ccc2c(C)c2c1c1c3c(ccc4c5cc(CC(C)(C)C)ccc5n2c43)cc[n+]1C. The molecule has 0 aliphatic heterocycles. The van der Waals surface area contributed by atoms with Gasteiger partial charge in [0, 0.05) is 16.8 Å². The second-order valence-corrected chi connectivity index (χ2v) is 14.7. The second-order valence-electron chi connectivity index (χ2n) is 14.7. The van der Waals surface area contributed by atoms with Crippen LogP contribution in [0.5, 0.6) is 0 Å². The van der Waals surface area contributed by atoms with Crippen molar-refractivity contribution in [2.75, 3.05) is 0 Å². The average Bonchev–Trinajstić information content (AvgIpc) is 3.19. The van der Waals surface area contributed by atoms with E-state index >= 15 is 0 Å². The highest BCUT2D eigenvalue weighted by Gasteiger charge is 2.27. The number of hydrogen-bond acceptors (Lipinski definition) is 0. The van der Waals surface area contributed by atoms with E-state index in [1.54, 1.807) is 0 Å². The fourth-order valence-electron chi connectivity index (χ4n) is 7.41. The molecule has 40 heavy (non-hydrogen) atoms. The van der Waals surface area contributed by atoms with Gasteiger partial charge in [-0.3, -0.25) is 0 Å². The Bertz CT molecular complexity index is 2140. The molecule has 0 bridgehead atoms. The molecule has 2 nitrogen and oxygen atoms in total. The van der Waals surface area contributed by atoms with Gasteiger partial charge in [-0.15, -0.1) is 0 Å². The van der Waals surface area contributed by atoms with E-state index in [9.17, 15) is 0 Å². The Balaban J connectivity index is 1.72. The van der Waals surface area contributed by atoms with Gasteiger partial charge in [0.1, 0.15) is 7.05 Å². The first kappa shape index (κ1) is 25.3. The van der Waals surface area contributed by atoms with Crippen LogP contribution in [-0.2, 0) is 19.9 Å². The Morgan fingerprint density at radius 3 is 1.93 bits per heavy atom. The topological polar surface area (TPSA) is 8.29 Å². The molecule has 7 aromatic rings. The molecule has 0 radical (unpaired) electrons. The lowest BCUT2D eigenvalue weighted by Crippen LogP contribution is -2.29. The van der Waals surface area contributed by atoms with Gasteiger partial charge in [-0.1, -0.05) is 77.9 Å². The molecule has 2 heteroatoms. The normalized spacial score (nSPS) is 13.3. The highest BCUT2D eigenvalue weighted by Crippen LogP contribution is 2.44. The van der Waals surface area contributed by atoms with Crippen LogP contribution in [0, 0.1) is 24.7 Å². The van der Waals surface area contributed by atoms with Gasteiger partial charge in [0.2, 0.25) is 5.52 Å². The summed E-state index contributed by atoms with van der Waals surface area (Å²) in [5.41, 5.74) is 11.4. The van der Waals surface area contributed by atoms with Gasteiger partial charge in [-0.25, -0.2) is 4.57 Å². The van der Waals surface area contributed by atoms with Gasteiger partial charge >= 0.3 is 0 Å². The average molecular weight is 526 g/mol. The standard InChI is InChI=1S/C38H41N2/c1-22-29-18-24(20-37(3,4)5)10-13-27(29)23(2)34-32(22)36-33-26(16-17-39(36)9)12-14-28-30-19-25(21-38(6,7)8)11-15-31(30)40(34)35(28)33/h10-19H,20-21H2,1-9H3/q+1. The van der Waals surface area contributed by atoms with Crippen LogP contribution in [0.15, 0.2) is 60.8 Å². The van der Waals surface area contributed by atoms with Crippen LogP contribution >= 0.6 is 0 Å². The second kappa shape index (κ2) is 8.19. The molecule has 0 amide bonds. The van der Waals surface area contributed by atoms with Gasteiger partial charge in [-0.05, 0) is 88.1 Å². The highest BCUT2D eigenvalue weighted by molar-refractivity contribution is 6.28. The Morgan fingerprint density at radius 1 is 0.625 bits per heavy atom. The molecule has 4 aromatic carbocycles. The fourth-order valence-corrected chi connectivity index (χ4v) is 7.41. The molecule has 0 aliphatic rings. The summed E-state index contributed by atoms with van der Waals surface area (Å²) < 4.78 is 4.95. The lowest BCUT2D eigenvalue weighted by atomic mass is 9.86. The van der Waals surface area contributed by atoms with E-state index < -0.39 is 0 Å². The lowest BCUT2D eigenvalue weighted by Gasteiger charge is -2.20. The first-order chi connectivity index (χ1) is 18.8. The molecule has 202 valence electrons. The van der Waals surface area contributed by atoms with Gasteiger partial charge in [0.15, 0.2) is 6.20 Å². The molecular formula is C38H41N2+. The van der Waals surface area contributed by atoms with Crippen LogP contribution in [-0.4, -0.2) is 4.40 Å². The third kappa shape index (κ3) is 3.65. The summed E-state index contributed by atoms with van der Waals surface area (Å²) >= 11 is 0. The van der Waals surface area contributed by atoms with E-state index in [0.717, 1.165) is 12.8 Å². The molecule has 0 saturated carbocycles. The predicted molar refractivity (Wildman–Crippen MR) is 173 cm³/mol. The van der Waals surface area contributed by atoms with Crippen molar-refractivity contribution in [1.29, 1.82) is 0 Å². The van der Waals surface area contributed by atoms with Gasteiger partial charge in [0.25, 0.3) is 0 Å². The minimum atomic E-state index is 0.249. The Labute approximate surface area is 237 Å². The number of fused-ring (bicyclic) bond motifs is 7. The first-order valence-electron chi connectivity index (χ1n) is 14.8. The van der Waals surface area contributed by atoms with Crippen molar-refractivity contribution in [3.8, 4) is 0 Å². The highest BCUT2D eigenvalue weighted by atomic mass is 15.0. The van der Waals surface area contributed by atoms with Crippen molar-refractivity contribution < 1.29 is 4.57 Å². The smallest absolute Gasteiger partial charge is 0.224 e. The molecule has 0 aliphatic carbocycles. The van der Waals surface area contributed by atoms with Crippen LogP contribution in [0.1, 0.15) is 63.8 Å². The summed E-state index contributed by atoms with van der Waals surface area (Å²) in [7, 11) is 2.21. The Kier molecular flexibility index (Phi) is 5.19.